The van der Waals surface area contributed by atoms with Gasteiger partial charge in [0.2, 0.25) is 15.9 Å². The third-order valence-corrected chi connectivity index (χ3v) is 8.20. The summed E-state index contributed by atoms with van der Waals surface area (Å²) in [4.78, 5) is 18.8. The van der Waals surface area contributed by atoms with Crippen molar-refractivity contribution < 1.29 is 17.6 Å². The van der Waals surface area contributed by atoms with E-state index in [-0.39, 0.29) is 41.3 Å². The zero-order valence-electron chi connectivity index (χ0n) is 16.9. The second-order valence-electron chi connectivity index (χ2n) is 7.20. The van der Waals surface area contributed by atoms with Gasteiger partial charge in [0.15, 0.2) is 5.13 Å². The fraction of sp³-hybridized carbons (Fsp3) is 0.238. The molecule has 1 aliphatic rings. The summed E-state index contributed by atoms with van der Waals surface area (Å²) in [5, 5.41) is 5.21. The van der Waals surface area contributed by atoms with Crippen molar-refractivity contribution in [2.45, 2.75) is 4.90 Å². The minimum absolute atomic E-state index is 0.0913. The number of hydrogen-bond donors (Lipinski definition) is 1. The standard InChI is InChI=1S/C21H20ClFN4O3S2/c22-17-3-1-2-4-19(17)32(29,30)27-11-9-26(10-12-27)13-20(28)25-21-24-18(14-31-21)15-5-7-16(23)8-6-15/h1-8,14H,9-13H2,(H,24,25,28). The molecule has 1 aliphatic heterocycles. The first-order valence-corrected chi connectivity index (χ1v) is 12.5. The summed E-state index contributed by atoms with van der Waals surface area (Å²) in [5.74, 6) is -0.551. The first-order valence-electron chi connectivity index (χ1n) is 9.81. The van der Waals surface area contributed by atoms with Gasteiger partial charge in [-0.15, -0.1) is 11.3 Å². The topological polar surface area (TPSA) is 82.6 Å². The van der Waals surface area contributed by atoms with Crippen molar-refractivity contribution in [3.8, 4) is 11.3 Å². The van der Waals surface area contributed by atoms with Gasteiger partial charge in [0.05, 0.1) is 17.3 Å². The third kappa shape index (κ3) is 5.16. The van der Waals surface area contributed by atoms with Crippen molar-refractivity contribution in [2.24, 2.45) is 0 Å². The molecule has 1 fully saturated rings. The molecule has 2 heterocycles. The summed E-state index contributed by atoms with van der Waals surface area (Å²) >= 11 is 7.35. The average Bonchev–Trinajstić information content (AvgIpc) is 3.23. The molecule has 1 aromatic heterocycles. The molecule has 1 N–H and O–H groups in total. The van der Waals surface area contributed by atoms with Crippen LogP contribution in [0.5, 0.6) is 0 Å². The molecule has 7 nitrogen and oxygen atoms in total. The fourth-order valence-electron chi connectivity index (χ4n) is 3.37. The molecule has 0 saturated carbocycles. The number of anilines is 1. The lowest BCUT2D eigenvalue weighted by Gasteiger charge is -2.33. The number of thiazole rings is 1. The quantitative estimate of drug-likeness (QED) is 0.566. The van der Waals surface area contributed by atoms with Gasteiger partial charge in [-0.05, 0) is 36.4 Å². The van der Waals surface area contributed by atoms with Gasteiger partial charge in [-0.2, -0.15) is 4.31 Å². The van der Waals surface area contributed by atoms with Crippen LogP contribution < -0.4 is 5.32 Å². The van der Waals surface area contributed by atoms with Gasteiger partial charge in [-0.3, -0.25) is 9.69 Å². The Kier molecular flexibility index (Phi) is 6.87. The number of nitrogens with zero attached hydrogens (tertiary/aromatic N) is 3. The molecule has 4 rings (SSSR count). The number of nitrogens with one attached hydrogen (secondary N) is 1. The minimum atomic E-state index is -3.68. The van der Waals surface area contributed by atoms with Crippen LogP contribution in [0, 0.1) is 5.82 Å². The van der Waals surface area contributed by atoms with Gasteiger partial charge in [0.25, 0.3) is 0 Å². The lowest BCUT2D eigenvalue weighted by atomic mass is 10.2. The molecule has 0 atom stereocenters. The van der Waals surface area contributed by atoms with Gasteiger partial charge in [-0.25, -0.2) is 17.8 Å². The Bertz CT molecular complexity index is 1210. The molecule has 32 heavy (non-hydrogen) atoms. The van der Waals surface area contributed by atoms with Crippen molar-refractivity contribution >= 4 is 44.0 Å². The molecule has 1 saturated heterocycles. The van der Waals surface area contributed by atoms with Crippen LogP contribution in [-0.4, -0.2) is 61.2 Å². The SMILES string of the molecule is O=C(CN1CCN(S(=O)(=O)c2ccccc2Cl)CC1)Nc1nc(-c2ccc(F)cc2)cs1. The molecule has 0 bridgehead atoms. The Morgan fingerprint density at radius 2 is 1.78 bits per heavy atom. The van der Waals surface area contributed by atoms with E-state index in [4.69, 9.17) is 11.6 Å². The maximum atomic E-state index is 13.1. The number of sulfonamides is 1. The molecule has 0 spiro atoms. The van der Waals surface area contributed by atoms with Crippen molar-refractivity contribution in [1.29, 1.82) is 0 Å². The normalized spacial score (nSPS) is 15.6. The molecule has 11 heteroatoms. The highest BCUT2D eigenvalue weighted by Crippen LogP contribution is 2.26. The van der Waals surface area contributed by atoms with E-state index in [0.717, 1.165) is 5.56 Å². The Labute approximate surface area is 194 Å². The second-order valence-corrected chi connectivity index (χ2v) is 10.4. The van der Waals surface area contributed by atoms with Crippen LogP contribution >= 0.6 is 22.9 Å². The van der Waals surface area contributed by atoms with Crippen LogP contribution in [0.4, 0.5) is 9.52 Å². The molecule has 0 aliphatic carbocycles. The number of halogens is 2. The van der Waals surface area contributed by atoms with E-state index in [0.29, 0.717) is 23.9 Å². The number of amides is 1. The van der Waals surface area contributed by atoms with Gasteiger partial charge in [0.1, 0.15) is 10.7 Å². The largest absolute Gasteiger partial charge is 0.301 e. The number of aromatic nitrogens is 1. The van der Waals surface area contributed by atoms with E-state index < -0.39 is 10.0 Å². The highest BCUT2D eigenvalue weighted by Gasteiger charge is 2.30. The lowest BCUT2D eigenvalue weighted by Crippen LogP contribution is -2.50. The summed E-state index contributed by atoms with van der Waals surface area (Å²) in [6.07, 6.45) is 0. The smallest absolute Gasteiger partial charge is 0.244 e. The summed E-state index contributed by atoms with van der Waals surface area (Å²) in [7, 11) is -3.68. The van der Waals surface area contributed by atoms with E-state index in [2.05, 4.69) is 10.3 Å². The van der Waals surface area contributed by atoms with E-state index in [9.17, 15) is 17.6 Å². The highest BCUT2D eigenvalue weighted by molar-refractivity contribution is 7.89. The monoisotopic (exact) mass is 494 g/mol. The fourth-order valence-corrected chi connectivity index (χ4v) is 6.02. The predicted octanol–water partition coefficient (Wildman–Crippen LogP) is 3.55. The van der Waals surface area contributed by atoms with Crippen molar-refractivity contribution in [3.05, 3.63) is 64.8 Å². The van der Waals surface area contributed by atoms with Gasteiger partial charge in [-0.1, -0.05) is 23.7 Å². The summed E-state index contributed by atoms with van der Waals surface area (Å²) in [5.41, 5.74) is 1.42. The van der Waals surface area contributed by atoms with E-state index in [1.807, 2.05) is 4.90 Å². The Hall–Kier alpha value is -2.37. The van der Waals surface area contributed by atoms with Crippen molar-refractivity contribution in [1.82, 2.24) is 14.2 Å². The molecular formula is C21H20ClFN4O3S2. The van der Waals surface area contributed by atoms with E-state index >= 15 is 0 Å². The minimum Gasteiger partial charge on any atom is -0.301 e. The molecule has 0 unspecified atom stereocenters. The lowest BCUT2D eigenvalue weighted by molar-refractivity contribution is -0.117. The highest BCUT2D eigenvalue weighted by atomic mass is 35.5. The molecule has 0 radical (unpaired) electrons. The summed E-state index contributed by atoms with van der Waals surface area (Å²) < 4.78 is 40.1. The van der Waals surface area contributed by atoms with Crippen molar-refractivity contribution in [2.75, 3.05) is 38.0 Å². The molecule has 2 aromatic carbocycles. The zero-order valence-corrected chi connectivity index (χ0v) is 19.3. The summed E-state index contributed by atoms with van der Waals surface area (Å²) in [6.45, 7) is 1.52. The zero-order chi connectivity index (χ0) is 22.7. The van der Waals surface area contributed by atoms with Crippen molar-refractivity contribution in [3.63, 3.8) is 0 Å². The maximum Gasteiger partial charge on any atom is 0.244 e. The van der Waals surface area contributed by atoms with Gasteiger partial charge < -0.3 is 5.32 Å². The number of benzene rings is 2. The second kappa shape index (κ2) is 9.63. The molecule has 3 aromatic rings. The van der Waals surface area contributed by atoms with Crippen LogP contribution in [-0.2, 0) is 14.8 Å². The summed E-state index contributed by atoms with van der Waals surface area (Å²) in [6, 6.07) is 12.3. The number of hydrogen-bond acceptors (Lipinski definition) is 6. The molecule has 1 amide bonds. The van der Waals surface area contributed by atoms with Crippen LogP contribution in [0.2, 0.25) is 5.02 Å². The van der Waals surface area contributed by atoms with Crippen LogP contribution in [0.3, 0.4) is 0 Å². The first kappa shape index (κ1) is 22.8. The van der Waals surface area contributed by atoms with Crippen LogP contribution in [0.1, 0.15) is 0 Å². The third-order valence-electron chi connectivity index (χ3n) is 5.04. The maximum absolute atomic E-state index is 13.1. The number of rotatable bonds is 6. The van der Waals surface area contributed by atoms with Crippen LogP contribution in [0.15, 0.2) is 58.8 Å². The Morgan fingerprint density at radius 3 is 2.47 bits per heavy atom. The Balaban J connectivity index is 1.30. The Morgan fingerprint density at radius 1 is 1.09 bits per heavy atom. The number of carbonyl (C=O) groups excluding carboxylic acids is 1. The number of piperazine rings is 1. The van der Waals surface area contributed by atoms with E-state index in [1.54, 1.807) is 35.7 Å². The first-order chi connectivity index (χ1) is 15.3. The molecular weight excluding hydrogens is 475 g/mol. The molecule has 168 valence electrons. The number of carbonyl (C=O) groups is 1. The van der Waals surface area contributed by atoms with Gasteiger partial charge >= 0.3 is 0 Å². The predicted molar refractivity (Wildman–Crippen MR) is 123 cm³/mol. The van der Waals surface area contributed by atoms with Crippen LogP contribution in [0.25, 0.3) is 11.3 Å². The average molecular weight is 495 g/mol. The van der Waals surface area contributed by atoms with E-state index in [1.165, 1.54) is 33.8 Å². The van der Waals surface area contributed by atoms with Gasteiger partial charge in [0, 0.05) is 37.1 Å².